The first-order chi connectivity index (χ1) is 17.5. The maximum absolute atomic E-state index is 12.3. The molecule has 6 atom stereocenters. The quantitative estimate of drug-likeness (QED) is 0.305. The van der Waals surface area contributed by atoms with Crippen molar-refractivity contribution in [2.75, 3.05) is 13.2 Å². The zero-order valence-electron chi connectivity index (χ0n) is 20.9. The van der Waals surface area contributed by atoms with Crippen molar-refractivity contribution in [1.82, 2.24) is 0 Å². The minimum Gasteiger partial charge on any atom is -0.463 e. The number of carbonyl (C=O) groups excluding carboxylic acids is 5. The van der Waals surface area contributed by atoms with E-state index in [1.807, 2.05) is 6.07 Å². The third-order valence-corrected chi connectivity index (χ3v) is 4.91. The number of hydrogen-bond donors (Lipinski definition) is 1. The first-order valence-electron chi connectivity index (χ1n) is 11.4. The SMILES string of the molecule is CC(=O)OCC1O[C@H](OC[C@H](N)C(=O)OCc2ccccc2)C(OC(C)=O)[C@H](OC(C)=O)[C@@H]1OC(C)=O. The van der Waals surface area contributed by atoms with E-state index in [-0.39, 0.29) is 6.61 Å². The summed E-state index contributed by atoms with van der Waals surface area (Å²) in [6, 6.07) is 7.68. The van der Waals surface area contributed by atoms with E-state index in [1.54, 1.807) is 24.3 Å². The van der Waals surface area contributed by atoms with Gasteiger partial charge in [0, 0.05) is 27.7 Å². The third kappa shape index (κ3) is 9.79. The molecule has 0 spiro atoms. The van der Waals surface area contributed by atoms with Crippen LogP contribution < -0.4 is 5.73 Å². The molecule has 2 unspecified atom stereocenters. The minimum atomic E-state index is -1.45. The molecule has 0 aliphatic carbocycles. The molecule has 1 aromatic carbocycles. The van der Waals surface area contributed by atoms with E-state index >= 15 is 0 Å². The predicted octanol–water partition coefficient (Wildman–Crippen LogP) is 0.157. The summed E-state index contributed by atoms with van der Waals surface area (Å²) < 4.78 is 37.5. The summed E-state index contributed by atoms with van der Waals surface area (Å²) in [5, 5.41) is 0. The van der Waals surface area contributed by atoms with Crippen LogP contribution in [0.4, 0.5) is 0 Å². The largest absolute Gasteiger partial charge is 0.463 e. The maximum atomic E-state index is 12.3. The van der Waals surface area contributed by atoms with Crippen LogP contribution in [0.2, 0.25) is 0 Å². The summed E-state index contributed by atoms with van der Waals surface area (Å²) in [6.07, 6.45) is -6.78. The molecule has 0 aromatic heterocycles. The molecule has 1 fully saturated rings. The lowest BCUT2D eigenvalue weighted by Crippen LogP contribution is -2.63. The summed E-state index contributed by atoms with van der Waals surface area (Å²) in [5.41, 5.74) is 6.65. The molecule has 2 N–H and O–H groups in total. The summed E-state index contributed by atoms with van der Waals surface area (Å²) in [5.74, 6) is -3.76. The van der Waals surface area contributed by atoms with Crippen molar-refractivity contribution < 1.29 is 57.1 Å². The van der Waals surface area contributed by atoms with Gasteiger partial charge in [-0.15, -0.1) is 0 Å². The van der Waals surface area contributed by atoms with E-state index in [9.17, 15) is 24.0 Å². The normalized spacial score (nSPS) is 23.8. The zero-order chi connectivity index (χ0) is 27.5. The monoisotopic (exact) mass is 525 g/mol. The lowest BCUT2D eigenvalue weighted by molar-refractivity contribution is -0.308. The number of ether oxygens (including phenoxy) is 7. The fourth-order valence-corrected chi connectivity index (χ4v) is 3.43. The van der Waals surface area contributed by atoms with Gasteiger partial charge in [-0.25, -0.2) is 0 Å². The molecule has 1 aromatic rings. The average Bonchev–Trinajstić information content (AvgIpc) is 2.82. The highest BCUT2D eigenvalue weighted by atomic mass is 16.7. The highest BCUT2D eigenvalue weighted by molar-refractivity contribution is 5.75. The van der Waals surface area contributed by atoms with Crippen LogP contribution in [-0.2, 0) is 63.7 Å². The van der Waals surface area contributed by atoms with Gasteiger partial charge in [0.1, 0.15) is 25.4 Å². The first-order valence-corrected chi connectivity index (χ1v) is 11.4. The van der Waals surface area contributed by atoms with Gasteiger partial charge >= 0.3 is 29.8 Å². The van der Waals surface area contributed by atoms with Crippen molar-refractivity contribution in [2.24, 2.45) is 5.73 Å². The van der Waals surface area contributed by atoms with E-state index in [2.05, 4.69) is 0 Å². The second-order valence-corrected chi connectivity index (χ2v) is 8.10. The predicted molar refractivity (Wildman–Crippen MR) is 122 cm³/mol. The first kappa shape index (κ1) is 29.7. The van der Waals surface area contributed by atoms with Crippen molar-refractivity contribution in [2.45, 2.75) is 71.0 Å². The Bertz CT molecular complexity index is 952. The molecule has 2 rings (SSSR count). The average molecular weight is 526 g/mol. The number of benzene rings is 1. The van der Waals surface area contributed by atoms with E-state index in [1.165, 1.54) is 0 Å². The molecule has 13 nitrogen and oxygen atoms in total. The second-order valence-electron chi connectivity index (χ2n) is 8.10. The molecule has 1 aliphatic rings. The Morgan fingerprint density at radius 1 is 0.811 bits per heavy atom. The Kier molecular flexibility index (Phi) is 11.4. The van der Waals surface area contributed by atoms with Gasteiger partial charge in [0.25, 0.3) is 0 Å². The molecule has 1 heterocycles. The van der Waals surface area contributed by atoms with Crippen molar-refractivity contribution in [1.29, 1.82) is 0 Å². The molecule has 1 aliphatic heterocycles. The number of nitrogens with two attached hydrogens (primary N) is 1. The topological polar surface area (TPSA) is 176 Å². The second kappa shape index (κ2) is 14.3. The molecule has 0 amide bonds. The van der Waals surface area contributed by atoms with Crippen LogP contribution in [-0.4, -0.2) is 79.8 Å². The highest BCUT2D eigenvalue weighted by Crippen LogP contribution is 2.30. The molecule has 0 saturated carbocycles. The van der Waals surface area contributed by atoms with Crippen LogP contribution in [0.1, 0.15) is 33.3 Å². The molecule has 37 heavy (non-hydrogen) atoms. The Labute approximate surface area is 213 Å². The van der Waals surface area contributed by atoms with E-state index < -0.39 is 79.8 Å². The van der Waals surface area contributed by atoms with Gasteiger partial charge in [-0.3, -0.25) is 24.0 Å². The molecule has 1 saturated heterocycles. The highest BCUT2D eigenvalue weighted by Gasteiger charge is 2.52. The van der Waals surface area contributed by atoms with Crippen molar-refractivity contribution in [3.8, 4) is 0 Å². The van der Waals surface area contributed by atoms with Crippen LogP contribution in [0, 0.1) is 0 Å². The van der Waals surface area contributed by atoms with Crippen molar-refractivity contribution in [3.05, 3.63) is 35.9 Å². The van der Waals surface area contributed by atoms with Crippen LogP contribution in [0.3, 0.4) is 0 Å². The molecule has 0 bridgehead atoms. The van der Waals surface area contributed by atoms with Gasteiger partial charge in [-0.05, 0) is 5.56 Å². The van der Waals surface area contributed by atoms with E-state index in [4.69, 9.17) is 38.9 Å². The zero-order valence-corrected chi connectivity index (χ0v) is 20.9. The van der Waals surface area contributed by atoms with Gasteiger partial charge in [-0.2, -0.15) is 0 Å². The summed E-state index contributed by atoms with van der Waals surface area (Å²) in [4.78, 5) is 59.2. The van der Waals surface area contributed by atoms with E-state index in [0.29, 0.717) is 0 Å². The fourth-order valence-electron chi connectivity index (χ4n) is 3.43. The van der Waals surface area contributed by atoms with Gasteiger partial charge in [0.15, 0.2) is 24.6 Å². The van der Waals surface area contributed by atoms with Gasteiger partial charge in [-0.1, -0.05) is 30.3 Å². The van der Waals surface area contributed by atoms with Crippen LogP contribution in [0.5, 0.6) is 0 Å². The Balaban J connectivity index is 2.20. The van der Waals surface area contributed by atoms with Crippen LogP contribution in [0.25, 0.3) is 0 Å². The smallest absolute Gasteiger partial charge is 0.325 e. The standard InChI is InChI=1S/C24H31NO12/c1-13(26)31-12-19-20(34-14(2)27)21(35-15(3)28)22(36-16(4)29)24(37-19)33-11-18(25)23(30)32-10-17-8-6-5-7-9-17/h5-9,18-22,24H,10-12,25H2,1-4H3/t18-,19?,20+,21+,22?,24-/m0/s1. The number of carbonyl (C=O) groups is 5. The van der Waals surface area contributed by atoms with Crippen molar-refractivity contribution in [3.63, 3.8) is 0 Å². The van der Waals surface area contributed by atoms with Gasteiger partial charge < -0.3 is 38.9 Å². The fraction of sp³-hybridized carbons (Fsp3) is 0.542. The van der Waals surface area contributed by atoms with Gasteiger partial charge in [0.2, 0.25) is 0 Å². The lowest BCUT2D eigenvalue weighted by Gasteiger charge is -2.44. The Morgan fingerprint density at radius 3 is 1.95 bits per heavy atom. The Morgan fingerprint density at radius 2 is 1.38 bits per heavy atom. The Hall–Kier alpha value is -3.55. The molecule has 0 radical (unpaired) electrons. The molecular formula is C24H31NO12. The van der Waals surface area contributed by atoms with E-state index in [0.717, 1.165) is 33.3 Å². The summed E-state index contributed by atoms with van der Waals surface area (Å²) in [7, 11) is 0. The van der Waals surface area contributed by atoms with Crippen LogP contribution >= 0.6 is 0 Å². The molecule has 13 heteroatoms. The lowest BCUT2D eigenvalue weighted by atomic mass is 9.98. The third-order valence-electron chi connectivity index (χ3n) is 4.91. The number of esters is 5. The summed E-state index contributed by atoms with van der Waals surface area (Å²) >= 11 is 0. The number of rotatable bonds is 11. The molecular weight excluding hydrogens is 494 g/mol. The molecule has 204 valence electrons. The van der Waals surface area contributed by atoms with Crippen LogP contribution in [0.15, 0.2) is 30.3 Å². The number of hydrogen-bond acceptors (Lipinski definition) is 13. The summed E-state index contributed by atoms with van der Waals surface area (Å²) in [6.45, 7) is 3.60. The van der Waals surface area contributed by atoms with Crippen molar-refractivity contribution >= 4 is 29.8 Å². The minimum absolute atomic E-state index is 0.00752. The van der Waals surface area contributed by atoms with Gasteiger partial charge in [0.05, 0.1) is 6.61 Å². The maximum Gasteiger partial charge on any atom is 0.325 e.